The van der Waals surface area contributed by atoms with Gasteiger partial charge in [-0.2, -0.15) is 5.10 Å². The third kappa shape index (κ3) is 4.38. The molecular formula is C19H24ClN3O. The number of carbonyl (C=O) groups excluding carboxylic acids is 1. The molecule has 5 heteroatoms. The van der Waals surface area contributed by atoms with E-state index in [1.807, 2.05) is 46.2 Å². The minimum Gasteiger partial charge on any atom is -0.342 e. The molecule has 1 saturated heterocycles. The summed E-state index contributed by atoms with van der Waals surface area (Å²) >= 11 is 5.92. The number of likely N-dealkylation sites (tertiary alicyclic amines) is 1. The average Bonchev–Trinajstić information content (AvgIpc) is 3.04. The highest BCUT2D eigenvalue weighted by Gasteiger charge is 2.20. The van der Waals surface area contributed by atoms with Crippen LogP contribution in [0, 0.1) is 5.92 Å². The van der Waals surface area contributed by atoms with Gasteiger partial charge in [-0.3, -0.25) is 9.48 Å². The summed E-state index contributed by atoms with van der Waals surface area (Å²) in [5.74, 6) is 0.919. The van der Waals surface area contributed by atoms with Gasteiger partial charge >= 0.3 is 0 Å². The first-order valence-electron chi connectivity index (χ1n) is 8.68. The van der Waals surface area contributed by atoms with Gasteiger partial charge in [0.25, 0.3) is 0 Å². The largest absolute Gasteiger partial charge is 0.342 e. The van der Waals surface area contributed by atoms with E-state index in [0.717, 1.165) is 48.6 Å². The van der Waals surface area contributed by atoms with Crippen molar-refractivity contribution in [3.63, 3.8) is 0 Å². The smallest absolute Gasteiger partial charge is 0.222 e. The molecule has 0 aliphatic carbocycles. The Morgan fingerprint density at radius 1 is 1.29 bits per heavy atom. The number of aryl methyl sites for hydroxylation is 1. The fourth-order valence-electron chi connectivity index (χ4n) is 3.24. The Labute approximate surface area is 148 Å². The first-order valence-corrected chi connectivity index (χ1v) is 9.06. The van der Waals surface area contributed by atoms with Crippen molar-refractivity contribution in [2.75, 3.05) is 13.1 Å². The standard InChI is InChI=1S/C19H24ClN3O/c1-15-4-2-10-22(13-15)19(24)5-3-11-23-14-17(12-21-23)16-6-8-18(20)9-7-16/h6-9,12,14-15H,2-5,10-11,13H2,1H3/t15-/m1/s1. The Morgan fingerprint density at radius 2 is 2.08 bits per heavy atom. The molecule has 1 aromatic heterocycles. The van der Waals surface area contributed by atoms with Crippen molar-refractivity contribution in [2.24, 2.45) is 5.92 Å². The van der Waals surface area contributed by atoms with Crippen molar-refractivity contribution in [2.45, 2.75) is 39.2 Å². The summed E-state index contributed by atoms with van der Waals surface area (Å²) < 4.78 is 1.91. The SMILES string of the molecule is C[C@@H]1CCCN(C(=O)CCCn2cc(-c3ccc(Cl)cc3)cn2)C1. The van der Waals surface area contributed by atoms with Gasteiger partial charge in [-0.15, -0.1) is 0 Å². The lowest BCUT2D eigenvalue weighted by molar-refractivity contribution is -0.133. The predicted molar refractivity (Wildman–Crippen MR) is 96.9 cm³/mol. The minimum atomic E-state index is 0.284. The van der Waals surface area contributed by atoms with Gasteiger partial charge in [0.05, 0.1) is 6.20 Å². The van der Waals surface area contributed by atoms with Crippen LogP contribution in [0.1, 0.15) is 32.6 Å². The Bertz CT molecular complexity index is 680. The van der Waals surface area contributed by atoms with E-state index in [9.17, 15) is 4.79 Å². The molecule has 4 nitrogen and oxygen atoms in total. The number of carbonyl (C=O) groups is 1. The monoisotopic (exact) mass is 345 g/mol. The maximum atomic E-state index is 12.3. The molecule has 1 aliphatic rings. The molecule has 0 N–H and O–H groups in total. The fraction of sp³-hybridized carbons (Fsp3) is 0.474. The number of halogens is 1. The summed E-state index contributed by atoms with van der Waals surface area (Å²) in [7, 11) is 0. The van der Waals surface area contributed by atoms with Gasteiger partial charge in [-0.1, -0.05) is 30.7 Å². The molecule has 2 aromatic rings. The molecule has 0 bridgehead atoms. The number of hydrogen-bond acceptors (Lipinski definition) is 2. The molecule has 3 rings (SSSR count). The quantitative estimate of drug-likeness (QED) is 0.812. The Balaban J connectivity index is 1.49. The van der Waals surface area contributed by atoms with E-state index in [4.69, 9.17) is 11.6 Å². The third-order valence-corrected chi connectivity index (χ3v) is 4.85. The van der Waals surface area contributed by atoms with Crippen LogP contribution in [0.5, 0.6) is 0 Å². The molecule has 1 fully saturated rings. The molecule has 1 atom stereocenters. The zero-order valence-electron chi connectivity index (χ0n) is 14.1. The average molecular weight is 346 g/mol. The molecule has 1 amide bonds. The van der Waals surface area contributed by atoms with Crippen LogP contribution in [0.3, 0.4) is 0 Å². The Hall–Kier alpha value is -1.81. The summed E-state index contributed by atoms with van der Waals surface area (Å²) in [5, 5.41) is 5.13. The molecule has 1 aromatic carbocycles. The van der Waals surface area contributed by atoms with E-state index in [-0.39, 0.29) is 5.91 Å². The van der Waals surface area contributed by atoms with E-state index < -0.39 is 0 Å². The topological polar surface area (TPSA) is 38.1 Å². The molecule has 0 unspecified atom stereocenters. The van der Waals surface area contributed by atoms with Crippen LogP contribution in [-0.2, 0) is 11.3 Å². The Kier molecular flexibility index (Phi) is 5.56. The highest BCUT2D eigenvalue weighted by atomic mass is 35.5. The van der Waals surface area contributed by atoms with Crippen LogP contribution >= 0.6 is 11.6 Å². The zero-order valence-corrected chi connectivity index (χ0v) is 14.9. The second-order valence-corrected chi connectivity index (χ2v) is 7.13. The maximum absolute atomic E-state index is 12.3. The van der Waals surface area contributed by atoms with Gasteiger partial charge in [0.15, 0.2) is 0 Å². The lowest BCUT2D eigenvalue weighted by Gasteiger charge is -2.31. The Morgan fingerprint density at radius 3 is 2.83 bits per heavy atom. The van der Waals surface area contributed by atoms with Crippen molar-refractivity contribution in [1.29, 1.82) is 0 Å². The van der Waals surface area contributed by atoms with Crippen LogP contribution in [0.15, 0.2) is 36.7 Å². The molecule has 0 spiro atoms. The molecule has 1 aliphatic heterocycles. The highest BCUT2D eigenvalue weighted by Crippen LogP contribution is 2.21. The minimum absolute atomic E-state index is 0.284. The van der Waals surface area contributed by atoms with Crippen molar-refractivity contribution in [3.8, 4) is 11.1 Å². The van der Waals surface area contributed by atoms with E-state index in [1.54, 1.807) is 0 Å². The van der Waals surface area contributed by atoms with Gasteiger partial charge < -0.3 is 4.90 Å². The van der Waals surface area contributed by atoms with Crippen molar-refractivity contribution in [1.82, 2.24) is 14.7 Å². The van der Waals surface area contributed by atoms with Gasteiger partial charge in [-0.05, 0) is 42.9 Å². The lowest BCUT2D eigenvalue weighted by atomic mass is 10.00. The predicted octanol–water partition coefficient (Wildman–Crippen LogP) is 4.24. The van der Waals surface area contributed by atoms with E-state index in [0.29, 0.717) is 12.3 Å². The van der Waals surface area contributed by atoms with Gasteiger partial charge in [-0.25, -0.2) is 0 Å². The number of rotatable bonds is 5. The van der Waals surface area contributed by atoms with Gasteiger partial charge in [0.1, 0.15) is 0 Å². The summed E-state index contributed by atoms with van der Waals surface area (Å²) in [4.78, 5) is 14.3. The third-order valence-electron chi connectivity index (χ3n) is 4.60. The zero-order chi connectivity index (χ0) is 16.9. The van der Waals surface area contributed by atoms with Crippen LogP contribution in [0.4, 0.5) is 0 Å². The highest BCUT2D eigenvalue weighted by molar-refractivity contribution is 6.30. The van der Waals surface area contributed by atoms with Crippen LogP contribution in [0.25, 0.3) is 11.1 Å². The molecule has 2 heterocycles. The first-order chi connectivity index (χ1) is 11.6. The van der Waals surface area contributed by atoms with E-state index >= 15 is 0 Å². The van der Waals surface area contributed by atoms with E-state index in [2.05, 4.69) is 12.0 Å². The lowest BCUT2D eigenvalue weighted by Crippen LogP contribution is -2.39. The molecule has 0 saturated carbocycles. The molecule has 128 valence electrons. The summed E-state index contributed by atoms with van der Waals surface area (Å²) in [6, 6.07) is 7.74. The van der Waals surface area contributed by atoms with Crippen LogP contribution in [-0.4, -0.2) is 33.7 Å². The summed E-state index contributed by atoms with van der Waals surface area (Å²) in [6.07, 6.45) is 7.68. The number of hydrogen-bond donors (Lipinski definition) is 0. The number of benzene rings is 1. The molecular weight excluding hydrogens is 322 g/mol. The van der Waals surface area contributed by atoms with Crippen LogP contribution in [0.2, 0.25) is 5.02 Å². The summed E-state index contributed by atoms with van der Waals surface area (Å²) in [5.41, 5.74) is 2.17. The number of amides is 1. The van der Waals surface area contributed by atoms with Crippen molar-refractivity contribution < 1.29 is 4.79 Å². The number of piperidine rings is 1. The number of aromatic nitrogens is 2. The maximum Gasteiger partial charge on any atom is 0.222 e. The molecule has 0 radical (unpaired) electrons. The van der Waals surface area contributed by atoms with Crippen molar-refractivity contribution in [3.05, 3.63) is 41.7 Å². The van der Waals surface area contributed by atoms with Gasteiger partial charge in [0, 0.05) is 42.8 Å². The van der Waals surface area contributed by atoms with Crippen molar-refractivity contribution >= 4 is 17.5 Å². The fourth-order valence-corrected chi connectivity index (χ4v) is 3.37. The second kappa shape index (κ2) is 7.84. The summed E-state index contributed by atoms with van der Waals surface area (Å²) in [6.45, 7) is 4.83. The van der Waals surface area contributed by atoms with E-state index in [1.165, 1.54) is 6.42 Å². The molecule has 24 heavy (non-hydrogen) atoms. The number of nitrogens with zero attached hydrogens (tertiary/aromatic N) is 3. The van der Waals surface area contributed by atoms with Gasteiger partial charge in [0.2, 0.25) is 5.91 Å². The first kappa shape index (κ1) is 17.0. The van der Waals surface area contributed by atoms with Crippen LogP contribution < -0.4 is 0 Å². The normalized spacial score (nSPS) is 17.9. The second-order valence-electron chi connectivity index (χ2n) is 6.69.